The molecule has 0 bridgehead atoms. The first-order valence-electron chi connectivity index (χ1n) is 25.9. The Labute approximate surface area is 384 Å². The second kappa shape index (κ2) is 46.0. The van der Waals surface area contributed by atoms with Crippen LogP contribution in [0, 0.1) is 0 Å². The molecule has 2 unspecified atom stereocenters. The number of hydrogen-bond acceptors (Lipinski definition) is 6. The molecule has 0 aliphatic rings. The maximum Gasteiger partial charge on any atom is 0.472 e. The summed E-state index contributed by atoms with van der Waals surface area (Å²) in [5, 5.41) is 0. The number of phosphoric acid groups is 1. The van der Waals surface area contributed by atoms with Gasteiger partial charge in [0.2, 0.25) is 0 Å². The van der Waals surface area contributed by atoms with Crippen molar-refractivity contribution in [1.29, 1.82) is 0 Å². The summed E-state index contributed by atoms with van der Waals surface area (Å²) in [5.74, 6) is -0.319. The third-order valence-electron chi connectivity index (χ3n) is 11.1. The Kier molecular flexibility index (Phi) is 44.9. The van der Waals surface area contributed by atoms with Crippen LogP contribution in [-0.4, -0.2) is 75.6 Å². The lowest BCUT2D eigenvalue weighted by Gasteiger charge is -2.24. The van der Waals surface area contributed by atoms with Gasteiger partial charge in [-0.1, -0.05) is 191 Å². The smallest absolute Gasteiger partial charge is 0.457 e. The van der Waals surface area contributed by atoms with Crippen LogP contribution in [-0.2, 0) is 27.9 Å². The van der Waals surface area contributed by atoms with E-state index in [2.05, 4.69) is 62.5 Å². The normalized spacial score (nSPS) is 14.0. The van der Waals surface area contributed by atoms with Crippen molar-refractivity contribution in [1.82, 2.24) is 0 Å². The monoisotopic (exact) mass is 895 g/mol. The summed E-state index contributed by atoms with van der Waals surface area (Å²) < 4.78 is 35.1. The van der Waals surface area contributed by atoms with Crippen molar-refractivity contribution in [2.75, 3.05) is 54.1 Å². The molecule has 0 fully saturated rings. The second-order valence-electron chi connectivity index (χ2n) is 18.5. The Bertz CT molecular complexity index is 1130. The predicted octanol–water partition coefficient (Wildman–Crippen LogP) is 15.9. The summed E-state index contributed by atoms with van der Waals surface area (Å²) in [5.41, 5.74) is 0. The number of ether oxygens (including phenoxy) is 2. The molecule has 8 nitrogen and oxygen atoms in total. The lowest BCUT2D eigenvalue weighted by atomic mass is 10.0. The lowest BCUT2D eigenvalue weighted by Crippen LogP contribution is -2.37. The Morgan fingerprint density at radius 2 is 0.887 bits per heavy atom. The van der Waals surface area contributed by atoms with E-state index in [1.807, 2.05) is 21.1 Å². The molecule has 0 saturated carbocycles. The number of likely N-dealkylation sites (N-methyl/N-ethyl adjacent to an activating group) is 1. The lowest BCUT2D eigenvalue weighted by molar-refractivity contribution is -0.870. The number of unbranched alkanes of at least 4 members (excludes halogenated alkanes) is 26. The first-order valence-corrected chi connectivity index (χ1v) is 27.4. The molecule has 0 saturated heterocycles. The molecule has 9 heteroatoms. The molecule has 0 aromatic heterocycles. The van der Waals surface area contributed by atoms with E-state index in [9.17, 15) is 14.3 Å². The molecule has 0 rings (SSSR count). The summed E-state index contributed by atoms with van der Waals surface area (Å²) in [6.07, 6.45) is 57.2. The van der Waals surface area contributed by atoms with E-state index in [1.54, 1.807) is 0 Å². The molecule has 0 radical (unpaired) electrons. The van der Waals surface area contributed by atoms with E-state index in [1.165, 1.54) is 161 Å². The molecule has 0 heterocycles. The zero-order valence-electron chi connectivity index (χ0n) is 41.4. The minimum atomic E-state index is -4.28. The molecule has 0 spiro atoms. The minimum absolute atomic E-state index is 0.0858. The fraction of sp³-hybridized carbons (Fsp3) is 0.830. The highest BCUT2D eigenvalue weighted by molar-refractivity contribution is 7.47. The van der Waals surface area contributed by atoms with Crippen LogP contribution < -0.4 is 0 Å². The van der Waals surface area contributed by atoms with Gasteiger partial charge in [0.05, 0.1) is 34.4 Å². The van der Waals surface area contributed by atoms with Gasteiger partial charge < -0.3 is 18.9 Å². The second-order valence-corrected chi connectivity index (χ2v) is 20.0. The molecule has 1 N–H and O–H groups in total. The standard InChI is InChI=1S/C53H100NO7P/c1-6-8-10-12-14-16-18-20-22-23-24-25-26-27-28-29-30-31-32-34-36-38-40-42-44-46-53(55)61-52(51-60-62(56,57)59-49-47-54(3,4)5)50-58-48-45-43-41-39-37-35-33-21-19-17-15-13-11-9-7-2/h18-21,23-24,26-27,52H,6-17,22,25,28-51H2,1-5H3/p+1/b20-18-,21-19-,24-23-,27-26-. The third-order valence-corrected chi connectivity index (χ3v) is 12.1. The van der Waals surface area contributed by atoms with Crippen LogP contribution in [0.25, 0.3) is 0 Å². The first kappa shape index (κ1) is 60.5. The van der Waals surface area contributed by atoms with E-state index in [0.29, 0.717) is 24.1 Å². The summed E-state index contributed by atoms with van der Waals surface area (Å²) in [4.78, 5) is 23.0. The fourth-order valence-electron chi connectivity index (χ4n) is 7.08. The number of hydrogen-bond donors (Lipinski definition) is 1. The predicted molar refractivity (Wildman–Crippen MR) is 266 cm³/mol. The van der Waals surface area contributed by atoms with Gasteiger partial charge in [-0.15, -0.1) is 0 Å². The van der Waals surface area contributed by atoms with Gasteiger partial charge in [-0.05, 0) is 77.0 Å². The zero-order valence-corrected chi connectivity index (χ0v) is 42.3. The molecule has 0 aromatic rings. The van der Waals surface area contributed by atoms with Crippen molar-refractivity contribution in [2.24, 2.45) is 0 Å². The number of carbonyl (C=O) groups is 1. The average molecular weight is 895 g/mol. The van der Waals surface area contributed by atoms with E-state index < -0.39 is 13.9 Å². The van der Waals surface area contributed by atoms with Crippen molar-refractivity contribution >= 4 is 13.8 Å². The van der Waals surface area contributed by atoms with Crippen molar-refractivity contribution in [3.05, 3.63) is 48.6 Å². The molecule has 0 aliphatic carbocycles. The van der Waals surface area contributed by atoms with Crippen LogP contribution in [0.1, 0.15) is 226 Å². The zero-order chi connectivity index (χ0) is 45.5. The molecule has 0 amide bonds. The van der Waals surface area contributed by atoms with Gasteiger partial charge in [0, 0.05) is 13.0 Å². The highest BCUT2D eigenvalue weighted by Crippen LogP contribution is 2.43. The quantitative estimate of drug-likeness (QED) is 0.0214. The third kappa shape index (κ3) is 49.5. The number of quaternary nitrogens is 1. The Balaban J connectivity index is 4.12. The number of rotatable bonds is 48. The average Bonchev–Trinajstić information content (AvgIpc) is 3.23. The van der Waals surface area contributed by atoms with Crippen LogP contribution >= 0.6 is 7.82 Å². The van der Waals surface area contributed by atoms with Crippen LogP contribution in [0.4, 0.5) is 0 Å². The van der Waals surface area contributed by atoms with Gasteiger partial charge in [0.25, 0.3) is 0 Å². The number of phosphoric ester groups is 1. The molecular formula is C53H101NO7P+. The highest BCUT2D eigenvalue weighted by Gasteiger charge is 2.26. The van der Waals surface area contributed by atoms with Crippen LogP contribution in [0.3, 0.4) is 0 Å². The molecule has 62 heavy (non-hydrogen) atoms. The highest BCUT2D eigenvalue weighted by atomic mass is 31.2. The van der Waals surface area contributed by atoms with Gasteiger partial charge in [-0.2, -0.15) is 0 Å². The Morgan fingerprint density at radius 3 is 1.34 bits per heavy atom. The SMILES string of the molecule is CCCCCCC/C=C\C/C=C\C/C=C\CCCCCCCCCCCCC(=O)OC(COCCCCCCCC/C=C\CCCCCCC)COP(=O)(O)OCC[N+](C)(C)C. The van der Waals surface area contributed by atoms with Crippen molar-refractivity contribution < 1.29 is 37.3 Å². The minimum Gasteiger partial charge on any atom is -0.457 e. The molecule has 0 aliphatic heterocycles. The Morgan fingerprint density at radius 1 is 0.500 bits per heavy atom. The van der Waals surface area contributed by atoms with Crippen LogP contribution in [0.5, 0.6) is 0 Å². The number of nitrogens with zero attached hydrogens (tertiary/aromatic N) is 1. The largest absolute Gasteiger partial charge is 0.472 e. The van der Waals surface area contributed by atoms with E-state index >= 15 is 0 Å². The van der Waals surface area contributed by atoms with Gasteiger partial charge in [0.15, 0.2) is 0 Å². The summed E-state index contributed by atoms with van der Waals surface area (Å²) in [6.45, 7) is 5.60. The summed E-state index contributed by atoms with van der Waals surface area (Å²) in [7, 11) is 1.66. The number of allylic oxidation sites excluding steroid dienone is 8. The molecular weight excluding hydrogens is 794 g/mol. The summed E-state index contributed by atoms with van der Waals surface area (Å²) >= 11 is 0. The van der Waals surface area contributed by atoms with Crippen molar-refractivity contribution in [3.63, 3.8) is 0 Å². The first-order chi connectivity index (χ1) is 30.1. The topological polar surface area (TPSA) is 91.3 Å². The maximum atomic E-state index is 12.8. The van der Waals surface area contributed by atoms with E-state index in [4.69, 9.17) is 18.5 Å². The van der Waals surface area contributed by atoms with Crippen LogP contribution in [0.15, 0.2) is 48.6 Å². The van der Waals surface area contributed by atoms with E-state index in [-0.39, 0.29) is 25.8 Å². The molecule has 364 valence electrons. The van der Waals surface area contributed by atoms with Gasteiger partial charge in [-0.3, -0.25) is 13.8 Å². The molecule has 0 aromatic carbocycles. The van der Waals surface area contributed by atoms with E-state index in [0.717, 1.165) is 44.9 Å². The number of esters is 1. The van der Waals surface area contributed by atoms with Crippen molar-refractivity contribution in [3.8, 4) is 0 Å². The molecule has 2 atom stereocenters. The Hall–Kier alpha value is -1.54. The fourth-order valence-corrected chi connectivity index (χ4v) is 7.83. The van der Waals surface area contributed by atoms with Gasteiger partial charge in [-0.25, -0.2) is 4.57 Å². The van der Waals surface area contributed by atoms with Crippen molar-refractivity contribution in [2.45, 2.75) is 232 Å². The van der Waals surface area contributed by atoms with Gasteiger partial charge >= 0.3 is 13.8 Å². The van der Waals surface area contributed by atoms with Gasteiger partial charge in [0.1, 0.15) is 19.3 Å². The number of carbonyl (C=O) groups excluding carboxylic acids is 1. The maximum absolute atomic E-state index is 12.8. The van der Waals surface area contributed by atoms with Crippen LogP contribution in [0.2, 0.25) is 0 Å². The summed E-state index contributed by atoms with van der Waals surface area (Å²) in [6, 6.07) is 0.